The molecule has 5 aromatic rings. The Morgan fingerprint density at radius 3 is 2.40 bits per heavy atom. The molecule has 0 spiro atoms. The van der Waals surface area contributed by atoms with Gasteiger partial charge in [0.15, 0.2) is 0 Å². The van der Waals surface area contributed by atoms with E-state index in [1.54, 1.807) is 0 Å². The monoisotopic (exact) mass is 343 g/mol. The summed E-state index contributed by atoms with van der Waals surface area (Å²) in [6.07, 6.45) is 0. The molecule has 0 atom stereocenters. The van der Waals surface area contributed by atoms with Crippen LogP contribution in [0.4, 0.5) is 0 Å². The van der Waals surface area contributed by atoms with Gasteiger partial charge >= 0.3 is 0 Å². The molecule has 3 nitrogen and oxygen atoms in total. The van der Waals surface area contributed by atoms with Gasteiger partial charge in [-0.1, -0.05) is 54.1 Å². The van der Waals surface area contributed by atoms with E-state index < -0.39 is 0 Å². The summed E-state index contributed by atoms with van der Waals surface area (Å²) in [6, 6.07) is 24.2. The number of imidazole rings is 1. The molecule has 0 radical (unpaired) electrons. The van der Waals surface area contributed by atoms with Gasteiger partial charge in [0.1, 0.15) is 5.82 Å². The molecular formula is C21H14ClN3. The molecule has 3 aromatic carbocycles. The van der Waals surface area contributed by atoms with Gasteiger partial charge in [0.05, 0.1) is 22.3 Å². The maximum Gasteiger partial charge on any atom is 0.141 e. The van der Waals surface area contributed by atoms with Crippen molar-refractivity contribution < 1.29 is 0 Å². The lowest BCUT2D eigenvalue weighted by Crippen LogP contribution is -1.85. The first-order valence-electron chi connectivity index (χ1n) is 8.11. The molecule has 5 rings (SSSR count). The summed E-state index contributed by atoms with van der Waals surface area (Å²) in [5.41, 5.74) is 6.18. The predicted octanol–water partition coefficient (Wildman–Crippen LogP) is 6.03. The number of para-hydroxylation sites is 3. The average Bonchev–Trinajstić information content (AvgIpc) is 3.22. The van der Waals surface area contributed by atoms with Crippen LogP contribution in [0.25, 0.3) is 44.6 Å². The Balaban J connectivity index is 1.85. The van der Waals surface area contributed by atoms with E-state index >= 15 is 0 Å². The van der Waals surface area contributed by atoms with Crippen molar-refractivity contribution in [2.75, 3.05) is 0 Å². The van der Waals surface area contributed by atoms with Crippen molar-refractivity contribution in [2.24, 2.45) is 0 Å². The molecule has 120 valence electrons. The van der Waals surface area contributed by atoms with Gasteiger partial charge < -0.3 is 9.97 Å². The predicted molar refractivity (Wildman–Crippen MR) is 104 cm³/mol. The van der Waals surface area contributed by atoms with Gasteiger partial charge in [0, 0.05) is 21.5 Å². The summed E-state index contributed by atoms with van der Waals surface area (Å²) >= 11 is 6.22. The maximum absolute atomic E-state index is 6.22. The quantitative estimate of drug-likeness (QED) is 0.403. The third-order valence-corrected chi connectivity index (χ3v) is 4.68. The summed E-state index contributed by atoms with van der Waals surface area (Å²) in [5.74, 6) is 0.855. The number of H-pyrrole nitrogens is 2. The molecule has 25 heavy (non-hydrogen) atoms. The minimum absolute atomic E-state index is 0.715. The van der Waals surface area contributed by atoms with E-state index in [0.717, 1.165) is 44.6 Å². The van der Waals surface area contributed by atoms with Crippen molar-refractivity contribution in [1.29, 1.82) is 0 Å². The Labute approximate surface area is 149 Å². The number of hydrogen-bond donors (Lipinski definition) is 2. The Morgan fingerprint density at radius 1 is 0.760 bits per heavy atom. The Bertz CT molecular complexity index is 1180. The van der Waals surface area contributed by atoms with Crippen LogP contribution in [0, 0.1) is 0 Å². The largest absolute Gasteiger partial charge is 0.354 e. The molecule has 0 aliphatic carbocycles. The van der Waals surface area contributed by atoms with E-state index in [1.165, 1.54) is 0 Å². The Hall–Kier alpha value is -3.04. The molecule has 0 fully saturated rings. The molecule has 0 aliphatic rings. The normalized spacial score (nSPS) is 11.4. The van der Waals surface area contributed by atoms with E-state index in [4.69, 9.17) is 16.6 Å². The SMILES string of the molecule is Clc1cccc(-c2[nH]c3ccccc3c2-c2nc3ccccc3[nH]2)c1. The van der Waals surface area contributed by atoms with Crippen LogP contribution < -0.4 is 0 Å². The first-order chi connectivity index (χ1) is 12.3. The molecular weight excluding hydrogens is 330 g/mol. The van der Waals surface area contributed by atoms with Gasteiger partial charge in [-0.2, -0.15) is 0 Å². The molecule has 4 heteroatoms. The average molecular weight is 344 g/mol. The summed E-state index contributed by atoms with van der Waals surface area (Å²) in [7, 11) is 0. The topological polar surface area (TPSA) is 44.5 Å². The number of halogens is 1. The molecule has 0 amide bonds. The molecule has 2 aromatic heterocycles. The highest BCUT2D eigenvalue weighted by Crippen LogP contribution is 2.38. The van der Waals surface area contributed by atoms with Crippen LogP contribution in [0.5, 0.6) is 0 Å². The van der Waals surface area contributed by atoms with Gasteiger partial charge in [0.2, 0.25) is 0 Å². The summed E-state index contributed by atoms with van der Waals surface area (Å²) in [6.45, 7) is 0. The highest BCUT2D eigenvalue weighted by Gasteiger charge is 2.18. The fourth-order valence-electron chi connectivity index (χ4n) is 3.32. The van der Waals surface area contributed by atoms with Gasteiger partial charge in [-0.3, -0.25) is 0 Å². The number of aromatic amines is 2. The van der Waals surface area contributed by atoms with Crippen LogP contribution in [-0.4, -0.2) is 15.0 Å². The van der Waals surface area contributed by atoms with E-state index in [0.29, 0.717) is 5.02 Å². The van der Waals surface area contributed by atoms with Crippen molar-refractivity contribution in [2.45, 2.75) is 0 Å². The molecule has 2 heterocycles. The second kappa shape index (κ2) is 5.50. The molecule has 2 N–H and O–H groups in total. The van der Waals surface area contributed by atoms with Crippen LogP contribution in [0.2, 0.25) is 5.02 Å². The van der Waals surface area contributed by atoms with Crippen molar-refractivity contribution in [3.63, 3.8) is 0 Å². The fraction of sp³-hybridized carbons (Fsp3) is 0. The van der Waals surface area contributed by atoms with Crippen molar-refractivity contribution >= 4 is 33.5 Å². The third-order valence-electron chi connectivity index (χ3n) is 4.45. The maximum atomic E-state index is 6.22. The first-order valence-corrected chi connectivity index (χ1v) is 8.49. The molecule has 0 unspecified atom stereocenters. The van der Waals surface area contributed by atoms with Gasteiger partial charge in [-0.05, 0) is 30.3 Å². The summed E-state index contributed by atoms with van der Waals surface area (Å²) in [4.78, 5) is 11.8. The number of hydrogen-bond acceptors (Lipinski definition) is 1. The van der Waals surface area contributed by atoms with Crippen LogP contribution in [-0.2, 0) is 0 Å². The second-order valence-corrected chi connectivity index (χ2v) is 6.47. The zero-order valence-corrected chi connectivity index (χ0v) is 14.0. The van der Waals surface area contributed by atoms with Gasteiger partial charge in [0.25, 0.3) is 0 Å². The minimum atomic E-state index is 0.715. The number of rotatable bonds is 2. The summed E-state index contributed by atoms with van der Waals surface area (Å²) in [5, 5.41) is 1.85. The van der Waals surface area contributed by atoms with Gasteiger partial charge in [-0.15, -0.1) is 0 Å². The van der Waals surface area contributed by atoms with Crippen molar-refractivity contribution in [3.8, 4) is 22.6 Å². The fourth-order valence-corrected chi connectivity index (χ4v) is 3.51. The van der Waals surface area contributed by atoms with Crippen molar-refractivity contribution in [1.82, 2.24) is 15.0 Å². The molecule has 0 saturated heterocycles. The van der Waals surface area contributed by atoms with E-state index in [1.807, 2.05) is 54.6 Å². The third kappa shape index (κ3) is 2.32. The smallest absolute Gasteiger partial charge is 0.141 e. The standard InChI is InChI=1S/C21H14ClN3/c22-14-7-5-6-13(12-14)20-19(15-8-1-2-9-16(15)23-20)21-24-17-10-3-4-11-18(17)25-21/h1-12,23H,(H,24,25). The molecule has 0 saturated carbocycles. The van der Waals surface area contributed by atoms with E-state index in [-0.39, 0.29) is 0 Å². The van der Waals surface area contributed by atoms with Crippen LogP contribution in [0.15, 0.2) is 72.8 Å². The van der Waals surface area contributed by atoms with Crippen molar-refractivity contribution in [3.05, 3.63) is 77.8 Å². The van der Waals surface area contributed by atoms with Crippen LogP contribution in [0.3, 0.4) is 0 Å². The number of benzene rings is 3. The highest BCUT2D eigenvalue weighted by atomic mass is 35.5. The van der Waals surface area contributed by atoms with E-state index in [2.05, 4.69) is 28.2 Å². The lowest BCUT2D eigenvalue weighted by atomic mass is 10.0. The van der Waals surface area contributed by atoms with Crippen LogP contribution in [0.1, 0.15) is 0 Å². The second-order valence-electron chi connectivity index (χ2n) is 6.03. The molecule has 0 bridgehead atoms. The number of nitrogens with one attached hydrogen (secondary N) is 2. The highest BCUT2D eigenvalue weighted by molar-refractivity contribution is 6.30. The first kappa shape index (κ1) is 14.3. The number of aromatic nitrogens is 3. The Kier molecular flexibility index (Phi) is 3.15. The molecule has 0 aliphatic heterocycles. The zero-order valence-electron chi connectivity index (χ0n) is 13.3. The number of fused-ring (bicyclic) bond motifs is 2. The summed E-state index contributed by atoms with van der Waals surface area (Å²) < 4.78 is 0. The Morgan fingerprint density at radius 2 is 1.56 bits per heavy atom. The van der Waals surface area contributed by atoms with Crippen LogP contribution >= 0.6 is 11.6 Å². The lowest BCUT2D eigenvalue weighted by molar-refractivity contribution is 1.34. The van der Waals surface area contributed by atoms with E-state index in [9.17, 15) is 0 Å². The lowest BCUT2D eigenvalue weighted by Gasteiger charge is -2.03. The minimum Gasteiger partial charge on any atom is -0.354 e. The number of nitrogens with zero attached hydrogens (tertiary/aromatic N) is 1. The van der Waals surface area contributed by atoms with Gasteiger partial charge in [-0.25, -0.2) is 4.98 Å². The zero-order chi connectivity index (χ0) is 16.8.